The number of amides is 1. The van der Waals surface area contributed by atoms with Crippen molar-refractivity contribution in [2.75, 3.05) is 39.3 Å². The molecule has 1 aromatic rings. The fourth-order valence-corrected chi connectivity index (χ4v) is 5.97. The molecule has 0 spiro atoms. The van der Waals surface area contributed by atoms with Crippen LogP contribution in [0, 0.1) is 0 Å². The van der Waals surface area contributed by atoms with Crippen molar-refractivity contribution in [3.8, 4) is 0 Å². The summed E-state index contributed by atoms with van der Waals surface area (Å²) >= 11 is 3.36. The van der Waals surface area contributed by atoms with E-state index < -0.39 is 10.0 Å². The van der Waals surface area contributed by atoms with Gasteiger partial charge in [0.1, 0.15) is 0 Å². The van der Waals surface area contributed by atoms with E-state index >= 15 is 0 Å². The van der Waals surface area contributed by atoms with Crippen LogP contribution in [0.5, 0.6) is 0 Å². The van der Waals surface area contributed by atoms with Crippen LogP contribution >= 0.6 is 15.9 Å². The minimum Gasteiger partial charge on any atom is -0.339 e. The Labute approximate surface area is 177 Å². The van der Waals surface area contributed by atoms with Gasteiger partial charge in [0, 0.05) is 36.7 Å². The third-order valence-electron chi connectivity index (χ3n) is 5.87. The number of halogens is 1. The first-order valence-electron chi connectivity index (χ1n) is 10.2. The quantitative estimate of drug-likeness (QED) is 0.639. The average Bonchev–Trinajstić information content (AvgIpc) is 2.72. The van der Waals surface area contributed by atoms with Gasteiger partial charge in [0.05, 0.1) is 11.4 Å². The average molecular weight is 472 g/mol. The summed E-state index contributed by atoms with van der Waals surface area (Å²) in [7, 11) is -3.71. The molecule has 1 aliphatic heterocycles. The van der Waals surface area contributed by atoms with Crippen LogP contribution in [0.15, 0.2) is 33.6 Å². The monoisotopic (exact) mass is 471 g/mol. The predicted octanol–water partition coefficient (Wildman–Crippen LogP) is 2.94. The summed E-state index contributed by atoms with van der Waals surface area (Å²) in [5.41, 5.74) is 0. The third kappa shape index (κ3) is 5.14. The summed E-state index contributed by atoms with van der Waals surface area (Å²) in [6.45, 7) is 6.08. The van der Waals surface area contributed by atoms with Gasteiger partial charge in [-0.2, -0.15) is 4.31 Å². The topological polar surface area (TPSA) is 60.9 Å². The number of carbonyl (C=O) groups excluding carboxylic acids is 1. The lowest BCUT2D eigenvalue weighted by molar-refractivity contribution is -0.133. The Morgan fingerprint density at radius 1 is 1.07 bits per heavy atom. The first-order valence-corrected chi connectivity index (χ1v) is 12.4. The van der Waals surface area contributed by atoms with Crippen molar-refractivity contribution in [2.45, 2.75) is 50.0 Å². The molecule has 156 valence electrons. The van der Waals surface area contributed by atoms with Gasteiger partial charge < -0.3 is 9.80 Å². The molecule has 2 fully saturated rings. The van der Waals surface area contributed by atoms with Gasteiger partial charge in [-0.25, -0.2) is 8.42 Å². The highest BCUT2D eigenvalue weighted by Crippen LogP contribution is 2.28. The highest BCUT2D eigenvalue weighted by molar-refractivity contribution is 9.10. The molecule has 3 rings (SSSR count). The summed E-state index contributed by atoms with van der Waals surface area (Å²) in [5, 5.41) is 0. The number of hydrogen-bond donors (Lipinski definition) is 0. The maximum absolute atomic E-state index is 13.4. The summed E-state index contributed by atoms with van der Waals surface area (Å²) in [6.07, 6.45) is 4.82. The van der Waals surface area contributed by atoms with E-state index in [2.05, 4.69) is 27.8 Å². The fourth-order valence-electron chi connectivity index (χ4n) is 4.07. The maximum Gasteiger partial charge on any atom is 0.243 e. The second kappa shape index (κ2) is 9.69. The molecular weight excluding hydrogens is 442 g/mol. The van der Waals surface area contributed by atoms with Crippen molar-refractivity contribution in [1.29, 1.82) is 0 Å². The highest BCUT2D eigenvalue weighted by Gasteiger charge is 2.35. The van der Waals surface area contributed by atoms with Crippen LogP contribution in [0.2, 0.25) is 0 Å². The van der Waals surface area contributed by atoms with Gasteiger partial charge >= 0.3 is 0 Å². The van der Waals surface area contributed by atoms with Gasteiger partial charge in [0.2, 0.25) is 15.9 Å². The largest absolute Gasteiger partial charge is 0.339 e. The molecule has 1 aliphatic carbocycles. The molecule has 1 saturated carbocycles. The van der Waals surface area contributed by atoms with Crippen molar-refractivity contribution in [1.82, 2.24) is 14.1 Å². The first-order chi connectivity index (χ1) is 13.4. The van der Waals surface area contributed by atoms with E-state index in [1.54, 1.807) is 24.3 Å². The molecule has 0 N–H and O–H groups in total. The second-order valence-electron chi connectivity index (χ2n) is 7.61. The molecule has 6 nitrogen and oxygen atoms in total. The van der Waals surface area contributed by atoms with Crippen LogP contribution in [0.4, 0.5) is 0 Å². The Morgan fingerprint density at radius 2 is 1.68 bits per heavy atom. The van der Waals surface area contributed by atoms with E-state index in [1.165, 1.54) is 4.31 Å². The minimum absolute atomic E-state index is 0.0603. The number of piperazine rings is 1. The Bertz CT molecular complexity index is 755. The van der Waals surface area contributed by atoms with Crippen LogP contribution in [0.25, 0.3) is 0 Å². The number of carbonyl (C=O) groups is 1. The smallest absolute Gasteiger partial charge is 0.243 e. The zero-order valence-electron chi connectivity index (χ0n) is 16.5. The lowest BCUT2D eigenvalue weighted by atomic mass is 9.95. The lowest BCUT2D eigenvalue weighted by Gasteiger charge is -2.37. The van der Waals surface area contributed by atoms with Crippen LogP contribution in [0.3, 0.4) is 0 Å². The SMILES string of the molecule is CCN1CCN(C(=O)CN(C2CCCCC2)S(=O)(=O)c2ccc(Br)cc2)CC1. The molecule has 1 amide bonds. The number of nitrogens with zero attached hydrogens (tertiary/aromatic N) is 3. The molecule has 28 heavy (non-hydrogen) atoms. The van der Waals surface area contributed by atoms with Crippen molar-refractivity contribution in [3.63, 3.8) is 0 Å². The van der Waals surface area contributed by atoms with Crippen LogP contribution in [-0.2, 0) is 14.8 Å². The summed E-state index contributed by atoms with van der Waals surface area (Å²) in [4.78, 5) is 17.4. The Kier molecular flexibility index (Phi) is 7.53. The maximum atomic E-state index is 13.4. The Hall–Kier alpha value is -0.960. The van der Waals surface area contributed by atoms with Crippen molar-refractivity contribution < 1.29 is 13.2 Å². The van der Waals surface area contributed by atoms with E-state index in [9.17, 15) is 13.2 Å². The number of benzene rings is 1. The van der Waals surface area contributed by atoms with Crippen molar-refractivity contribution in [3.05, 3.63) is 28.7 Å². The van der Waals surface area contributed by atoms with E-state index in [4.69, 9.17) is 0 Å². The van der Waals surface area contributed by atoms with Crippen LogP contribution in [0.1, 0.15) is 39.0 Å². The van der Waals surface area contributed by atoms with Crippen molar-refractivity contribution >= 4 is 31.9 Å². The first kappa shape index (κ1) is 21.7. The molecule has 0 unspecified atom stereocenters. The van der Waals surface area contributed by atoms with Gasteiger partial charge in [0.15, 0.2) is 0 Å². The Balaban J connectivity index is 1.79. The standard InChI is InChI=1S/C20H30BrN3O3S/c1-2-22-12-14-23(15-13-22)20(25)16-24(18-6-4-3-5-7-18)28(26,27)19-10-8-17(21)9-11-19/h8-11,18H,2-7,12-16H2,1H3. The molecule has 1 heterocycles. The third-order valence-corrected chi connectivity index (χ3v) is 8.31. The molecule has 0 atom stereocenters. The van der Waals surface area contributed by atoms with Crippen LogP contribution < -0.4 is 0 Å². The van der Waals surface area contributed by atoms with E-state index in [0.29, 0.717) is 13.1 Å². The molecular formula is C20H30BrN3O3S. The second-order valence-corrected chi connectivity index (χ2v) is 10.4. The van der Waals surface area contributed by atoms with Crippen LogP contribution in [-0.4, -0.2) is 73.7 Å². The summed E-state index contributed by atoms with van der Waals surface area (Å²) in [6, 6.07) is 6.60. The van der Waals surface area contributed by atoms with E-state index in [-0.39, 0.29) is 23.4 Å². The number of sulfonamides is 1. The van der Waals surface area contributed by atoms with Gasteiger partial charge in [-0.05, 0) is 43.7 Å². The van der Waals surface area contributed by atoms with Crippen molar-refractivity contribution in [2.24, 2.45) is 0 Å². The van der Waals surface area contributed by atoms with Gasteiger partial charge in [-0.3, -0.25) is 4.79 Å². The molecule has 1 aromatic carbocycles. The normalized spacial score (nSPS) is 19.9. The molecule has 1 saturated heterocycles. The zero-order valence-corrected chi connectivity index (χ0v) is 18.9. The minimum atomic E-state index is -3.71. The molecule has 0 aromatic heterocycles. The number of hydrogen-bond acceptors (Lipinski definition) is 4. The van der Waals surface area contributed by atoms with Gasteiger partial charge in [0.25, 0.3) is 0 Å². The lowest BCUT2D eigenvalue weighted by Crippen LogP contribution is -2.53. The molecule has 0 bridgehead atoms. The van der Waals surface area contributed by atoms with Gasteiger partial charge in [-0.1, -0.05) is 42.1 Å². The molecule has 2 aliphatic rings. The fraction of sp³-hybridized carbons (Fsp3) is 0.650. The molecule has 8 heteroatoms. The highest BCUT2D eigenvalue weighted by atomic mass is 79.9. The number of likely N-dealkylation sites (N-methyl/N-ethyl adjacent to an activating group) is 1. The number of rotatable bonds is 6. The van der Waals surface area contributed by atoms with E-state index in [1.807, 2.05) is 4.90 Å². The summed E-state index contributed by atoms with van der Waals surface area (Å²) < 4.78 is 29.1. The van der Waals surface area contributed by atoms with E-state index in [0.717, 1.165) is 56.2 Å². The summed E-state index contributed by atoms with van der Waals surface area (Å²) in [5.74, 6) is -0.0815. The molecule has 0 radical (unpaired) electrons. The Morgan fingerprint density at radius 3 is 2.25 bits per heavy atom. The zero-order chi connectivity index (χ0) is 20.1. The predicted molar refractivity (Wildman–Crippen MR) is 114 cm³/mol. The van der Waals surface area contributed by atoms with Gasteiger partial charge in [-0.15, -0.1) is 0 Å².